The van der Waals surface area contributed by atoms with E-state index in [0.717, 1.165) is 0 Å². The van der Waals surface area contributed by atoms with Crippen molar-refractivity contribution in [3.8, 4) is 0 Å². The minimum absolute atomic E-state index is 0.284. The third-order valence-corrected chi connectivity index (χ3v) is 4.43. The van der Waals surface area contributed by atoms with Crippen LogP contribution in [0.5, 0.6) is 0 Å². The van der Waals surface area contributed by atoms with Crippen LogP contribution in [0.25, 0.3) is 0 Å². The highest BCUT2D eigenvalue weighted by Crippen LogP contribution is 2.30. The smallest absolute Gasteiger partial charge is 0.294 e. The quantitative estimate of drug-likeness (QED) is 0.646. The number of carbonyl (C=O) groups excluding carboxylic acids is 1. The predicted molar refractivity (Wildman–Crippen MR) is 76.4 cm³/mol. The summed E-state index contributed by atoms with van der Waals surface area (Å²) in [4.78, 5) is 11.1. The Bertz CT molecular complexity index is 724. The molecule has 4 nitrogen and oxygen atoms in total. The Labute approximate surface area is 135 Å². The van der Waals surface area contributed by atoms with Gasteiger partial charge in [0, 0.05) is 11.0 Å². The zero-order valence-electron chi connectivity index (χ0n) is 12.4. The molecule has 0 fully saturated rings. The molecule has 0 aromatic heterocycles. The molecule has 0 bridgehead atoms. The lowest BCUT2D eigenvalue weighted by molar-refractivity contribution is -0.121. The molecule has 0 spiro atoms. The van der Waals surface area contributed by atoms with Gasteiger partial charge in [0.1, 0.15) is 17.3 Å². The van der Waals surface area contributed by atoms with Crippen LogP contribution in [0.4, 0.5) is 17.6 Å². The third-order valence-electron chi connectivity index (χ3n) is 2.70. The molecule has 10 heteroatoms. The van der Waals surface area contributed by atoms with Gasteiger partial charge in [0.2, 0.25) is 10.0 Å². The highest BCUT2D eigenvalue weighted by Gasteiger charge is 2.33. The van der Waals surface area contributed by atoms with Crippen LogP contribution >= 0.6 is 11.6 Å². The molecule has 1 aromatic rings. The number of nitrogens with one attached hydrogen (secondary N) is 1. The van der Waals surface area contributed by atoms with Crippen molar-refractivity contribution >= 4 is 27.4 Å². The number of carbonyl (C=O) groups is 1. The van der Waals surface area contributed by atoms with Gasteiger partial charge in [-0.2, -0.15) is 13.2 Å². The van der Waals surface area contributed by atoms with Crippen molar-refractivity contribution in [2.45, 2.75) is 31.8 Å². The maximum absolute atomic E-state index is 13.8. The molecule has 0 amide bonds. The number of hydrogen-bond acceptors (Lipinski definition) is 3. The Hall–Kier alpha value is -1.19. The molecule has 0 saturated carbocycles. The first kappa shape index (κ1) is 19.9. The highest BCUT2D eigenvalue weighted by atomic mass is 35.5. The fourth-order valence-electron chi connectivity index (χ4n) is 1.57. The SMILES string of the molecule is CC(C)(C)C(=O)c1cc(S(=O)(=O)NCC(F)(F)F)c(F)cc1Cl. The maximum Gasteiger partial charge on any atom is 0.402 e. The van der Waals surface area contributed by atoms with E-state index in [0.29, 0.717) is 12.1 Å². The van der Waals surface area contributed by atoms with Crippen molar-refractivity contribution in [2.24, 2.45) is 5.41 Å². The Kier molecular flexibility index (Phi) is 5.50. The van der Waals surface area contributed by atoms with Crippen LogP contribution in [0.3, 0.4) is 0 Å². The van der Waals surface area contributed by atoms with E-state index >= 15 is 0 Å². The van der Waals surface area contributed by atoms with Gasteiger partial charge in [-0.1, -0.05) is 32.4 Å². The number of hydrogen-bond donors (Lipinski definition) is 1. The Morgan fingerprint density at radius 3 is 2.17 bits per heavy atom. The molecule has 0 radical (unpaired) electrons. The largest absolute Gasteiger partial charge is 0.402 e. The van der Waals surface area contributed by atoms with E-state index < -0.39 is 44.7 Å². The van der Waals surface area contributed by atoms with E-state index in [1.165, 1.54) is 25.5 Å². The fraction of sp³-hybridized carbons (Fsp3) is 0.462. The van der Waals surface area contributed by atoms with Gasteiger partial charge in [-0.25, -0.2) is 17.5 Å². The van der Waals surface area contributed by atoms with Gasteiger partial charge in [0.25, 0.3) is 0 Å². The second kappa shape index (κ2) is 6.37. The zero-order chi connectivity index (χ0) is 18.2. The van der Waals surface area contributed by atoms with Gasteiger partial charge in [-0.15, -0.1) is 0 Å². The van der Waals surface area contributed by atoms with Crippen LogP contribution < -0.4 is 4.72 Å². The molecule has 0 aliphatic heterocycles. The molecule has 1 rings (SSSR count). The van der Waals surface area contributed by atoms with Gasteiger partial charge < -0.3 is 0 Å². The molecular weight excluding hydrogens is 362 g/mol. The number of alkyl halides is 3. The van der Waals surface area contributed by atoms with Crippen LogP contribution in [0.2, 0.25) is 5.02 Å². The van der Waals surface area contributed by atoms with E-state index in [-0.39, 0.29) is 10.6 Å². The normalized spacial score (nSPS) is 13.2. The van der Waals surface area contributed by atoms with Gasteiger partial charge in [0.15, 0.2) is 5.78 Å². The van der Waals surface area contributed by atoms with E-state index in [9.17, 15) is 30.8 Å². The van der Waals surface area contributed by atoms with Gasteiger partial charge in [0.05, 0.1) is 5.02 Å². The Morgan fingerprint density at radius 1 is 1.22 bits per heavy atom. The van der Waals surface area contributed by atoms with Crippen molar-refractivity contribution in [1.29, 1.82) is 0 Å². The van der Waals surface area contributed by atoms with Gasteiger partial charge >= 0.3 is 6.18 Å². The van der Waals surface area contributed by atoms with E-state index in [2.05, 4.69) is 0 Å². The second-order valence-electron chi connectivity index (χ2n) is 5.78. The molecule has 1 aromatic carbocycles. The topological polar surface area (TPSA) is 63.2 Å². The standard InChI is InChI=1S/C13H14ClF4NO3S/c1-12(2,3)11(20)7-4-10(9(15)5-8(7)14)23(21,22)19-6-13(16,17)18/h4-5,19H,6H2,1-3H3. The average Bonchev–Trinajstić information content (AvgIpc) is 2.33. The molecule has 0 saturated heterocycles. The summed E-state index contributed by atoms with van der Waals surface area (Å²) in [6.07, 6.45) is -4.81. The number of sulfonamides is 1. The number of ketones is 1. The molecule has 0 unspecified atom stereocenters. The first-order valence-corrected chi connectivity index (χ1v) is 8.11. The molecular formula is C13H14ClF4NO3S. The van der Waals surface area contributed by atoms with Crippen LogP contribution in [-0.2, 0) is 10.0 Å². The maximum atomic E-state index is 13.8. The first-order valence-electron chi connectivity index (χ1n) is 6.25. The minimum Gasteiger partial charge on any atom is -0.294 e. The Morgan fingerprint density at radius 2 is 1.74 bits per heavy atom. The van der Waals surface area contributed by atoms with E-state index in [1.807, 2.05) is 0 Å². The molecule has 0 aliphatic rings. The Balaban J connectivity index is 3.36. The summed E-state index contributed by atoms with van der Waals surface area (Å²) in [6, 6.07) is 1.23. The van der Waals surface area contributed by atoms with Gasteiger partial charge in [-0.3, -0.25) is 4.79 Å². The summed E-state index contributed by atoms with van der Waals surface area (Å²) >= 11 is 5.75. The monoisotopic (exact) mass is 375 g/mol. The van der Waals surface area contributed by atoms with Crippen LogP contribution in [0, 0.1) is 11.2 Å². The lowest BCUT2D eigenvalue weighted by Crippen LogP contribution is -2.34. The molecule has 0 atom stereocenters. The zero-order valence-corrected chi connectivity index (χ0v) is 14.0. The van der Waals surface area contributed by atoms with Crippen LogP contribution in [-0.4, -0.2) is 26.9 Å². The van der Waals surface area contributed by atoms with Crippen molar-refractivity contribution < 1.29 is 30.8 Å². The molecule has 0 aliphatic carbocycles. The highest BCUT2D eigenvalue weighted by molar-refractivity contribution is 7.89. The lowest BCUT2D eigenvalue weighted by Gasteiger charge is -2.18. The molecule has 23 heavy (non-hydrogen) atoms. The summed E-state index contributed by atoms with van der Waals surface area (Å²) in [5, 5.41) is -0.322. The molecule has 0 heterocycles. The second-order valence-corrected chi connectivity index (χ2v) is 7.92. The van der Waals surface area contributed by atoms with Crippen molar-refractivity contribution in [3.05, 3.63) is 28.5 Å². The van der Waals surface area contributed by atoms with Crippen LogP contribution in [0.15, 0.2) is 17.0 Å². The molecule has 130 valence electrons. The third kappa shape index (κ3) is 5.15. The summed E-state index contributed by atoms with van der Waals surface area (Å²) in [5.41, 5.74) is -1.23. The van der Waals surface area contributed by atoms with E-state index in [1.54, 1.807) is 0 Å². The van der Waals surface area contributed by atoms with Crippen molar-refractivity contribution in [2.75, 3.05) is 6.54 Å². The van der Waals surface area contributed by atoms with Crippen molar-refractivity contribution in [3.63, 3.8) is 0 Å². The van der Waals surface area contributed by atoms with Crippen LogP contribution in [0.1, 0.15) is 31.1 Å². The lowest BCUT2D eigenvalue weighted by atomic mass is 9.86. The first-order chi connectivity index (χ1) is 10.1. The minimum atomic E-state index is -4.81. The predicted octanol–water partition coefficient (Wildman–Crippen LogP) is 3.55. The summed E-state index contributed by atoms with van der Waals surface area (Å²) < 4.78 is 75.1. The number of Topliss-reactive ketones (excluding diaryl/α,β-unsaturated/α-hetero) is 1. The summed E-state index contributed by atoms with van der Waals surface area (Å²) in [6.45, 7) is 2.74. The summed E-state index contributed by atoms with van der Waals surface area (Å²) in [5.74, 6) is -1.93. The molecule has 1 N–H and O–H groups in total. The summed E-state index contributed by atoms with van der Waals surface area (Å²) in [7, 11) is -4.80. The number of benzene rings is 1. The average molecular weight is 376 g/mol. The number of halogens is 5. The fourth-order valence-corrected chi connectivity index (χ4v) is 2.90. The van der Waals surface area contributed by atoms with E-state index in [4.69, 9.17) is 11.6 Å². The number of rotatable bonds is 4. The van der Waals surface area contributed by atoms with Crippen molar-refractivity contribution in [1.82, 2.24) is 4.72 Å². The van der Waals surface area contributed by atoms with Gasteiger partial charge in [-0.05, 0) is 12.1 Å².